The van der Waals surface area contributed by atoms with Crippen LogP contribution in [-0.2, 0) is 17.9 Å². The Kier molecular flexibility index (Phi) is 4.83. The van der Waals surface area contributed by atoms with E-state index in [-0.39, 0.29) is 17.8 Å². The number of rotatable bonds is 4. The van der Waals surface area contributed by atoms with Crippen LogP contribution < -0.4 is 16.5 Å². The zero-order valence-electron chi connectivity index (χ0n) is 14.0. The first-order chi connectivity index (χ1) is 12.5. The molecule has 0 saturated heterocycles. The standard InChI is InChI=1S/C18H17FN4O3/c1-2-22-14-9-5-6-10-15(14)23(18(22)26)11-16(24)20-21-17(25)12-7-3-4-8-13(12)19/h3-10H,2,11H2,1H3,(H,20,24)(H,21,25). The van der Waals surface area contributed by atoms with Gasteiger partial charge in [-0.2, -0.15) is 0 Å². The maximum absolute atomic E-state index is 13.6. The van der Waals surface area contributed by atoms with Crippen molar-refractivity contribution in [3.63, 3.8) is 0 Å². The Bertz CT molecular complexity index is 1040. The molecule has 1 aromatic heterocycles. The second kappa shape index (κ2) is 7.22. The molecule has 2 aromatic carbocycles. The fraction of sp³-hybridized carbons (Fsp3) is 0.167. The average molecular weight is 356 g/mol. The molecule has 2 N–H and O–H groups in total. The predicted molar refractivity (Wildman–Crippen MR) is 93.9 cm³/mol. The molecule has 8 heteroatoms. The number of amides is 2. The minimum Gasteiger partial charge on any atom is -0.292 e. The number of hydrogen-bond acceptors (Lipinski definition) is 3. The van der Waals surface area contributed by atoms with Gasteiger partial charge in [-0.1, -0.05) is 24.3 Å². The van der Waals surface area contributed by atoms with Crippen molar-refractivity contribution in [2.24, 2.45) is 0 Å². The van der Waals surface area contributed by atoms with Gasteiger partial charge in [-0.3, -0.25) is 29.6 Å². The first kappa shape index (κ1) is 17.4. The Morgan fingerprint density at radius 3 is 2.23 bits per heavy atom. The van der Waals surface area contributed by atoms with Crippen LogP contribution in [0.1, 0.15) is 17.3 Å². The van der Waals surface area contributed by atoms with Crippen LogP contribution in [0.2, 0.25) is 0 Å². The van der Waals surface area contributed by atoms with Crippen LogP contribution >= 0.6 is 0 Å². The summed E-state index contributed by atoms with van der Waals surface area (Å²) in [5.74, 6) is -2.07. The number of halogens is 1. The summed E-state index contributed by atoms with van der Waals surface area (Å²) < 4.78 is 16.4. The van der Waals surface area contributed by atoms with Gasteiger partial charge in [0.2, 0.25) is 0 Å². The number of benzene rings is 2. The number of imidazole rings is 1. The largest absolute Gasteiger partial charge is 0.329 e. The second-order valence-corrected chi connectivity index (χ2v) is 5.58. The van der Waals surface area contributed by atoms with Gasteiger partial charge in [-0.15, -0.1) is 0 Å². The molecule has 0 aliphatic carbocycles. The number of para-hydroxylation sites is 2. The quantitative estimate of drug-likeness (QED) is 0.694. The topological polar surface area (TPSA) is 85.1 Å². The van der Waals surface area contributed by atoms with E-state index in [4.69, 9.17) is 0 Å². The summed E-state index contributed by atoms with van der Waals surface area (Å²) in [6, 6.07) is 12.6. The Morgan fingerprint density at radius 1 is 0.962 bits per heavy atom. The summed E-state index contributed by atoms with van der Waals surface area (Å²) in [7, 11) is 0. The highest BCUT2D eigenvalue weighted by molar-refractivity contribution is 5.95. The van der Waals surface area contributed by atoms with Crippen LogP contribution in [0.15, 0.2) is 53.3 Å². The third-order valence-corrected chi connectivity index (χ3v) is 3.98. The summed E-state index contributed by atoms with van der Waals surface area (Å²) in [5, 5.41) is 0. The molecule has 0 saturated carbocycles. The predicted octanol–water partition coefficient (Wildman–Crippen LogP) is 1.42. The van der Waals surface area contributed by atoms with Crippen molar-refractivity contribution in [2.75, 3.05) is 0 Å². The molecule has 0 aliphatic rings. The van der Waals surface area contributed by atoms with E-state index in [1.165, 1.54) is 22.8 Å². The number of fused-ring (bicyclic) bond motifs is 1. The monoisotopic (exact) mass is 356 g/mol. The Morgan fingerprint density at radius 2 is 1.58 bits per heavy atom. The first-order valence-corrected chi connectivity index (χ1v) is 8.04. The smallest absolute Gasteiger partial charge is 0.292 e. The van der Waals surface area contributed by atoms with Crippen molar-refractivity contribution >= 4 is 22.8 Å². The summed E-state index contributed by atoms with van der Waals surface area (Å²) in [4.78, 5) is 36.5. The lowest BCUT2D eigenvalue weighted by atomic mass is 10.2. The van der Waals surface area contributed by atoms with E-state index in [1.807, 2.05) is 13.0 Å². The Hall–Kier alpha value is -3.42. The molecule has 0 unspecified atom stereocenters. The van der Waals surface area contributed by atoms with Crippen LogP contribution in [0.3, 0.4) is 0 Å². The van der Waals surface area contributed by atoms with Gasteiger partial charge < -0.3 is 0 Å². The van der Waals surface area contributed by atoms with Crippen molar-refractivity contribution in [3.05, 3.63) is 70.4 Å². The molecule has 0 fully saturated rings. The van der Waals surface area contributed by atoms with Gasteiger partial charge in [0.1, 0.15) is 12.4 Å². The molecule has 2 amide bonds. The fourth-order valence-electron chi connectivity index (χ4n) is 2.75. The number of nitrogens with one attached hydrogen (secondary N) is 2. The zero-order chi connectivity index (χ0) is 18.7. The molecule has 134 valence electrons. The van der Waals surface area contributed by atoms with Crippen LogP contribution in [0.4, 0.5) is 4.39 Å². The van der Waals surface area contributed by atoms with Gasteiger partial charge in [0.05, 0.1) is 16.6 Å². The van der Waals surface area contributed by atoms with Gasteiger partial charge in [-0.25, -0.2) is 9.18 Å². The third-order valence-electron chi connectivity index (χ3n) is 3.98. The highest BCUT2D eigenvalue weighted by Gasteiger charge is 2.16. The van der Waals surface area contributed by atoms with Gasteiger partial charge in [0, 0.05) is 6.54 Å². The molecule has 0 bridgehead atoms. The summed E-state index contributed by atoms with van der Waals surface area (Å²) in [6.45, 7) is 2.04. The van der Waals surface area contributed by atoms with Crippen molar-refractivity contribution in [1.82, 2.24) is 20.0 Å². The van der Waals surface area contributed by atoms with Gasteiger partial charge in [-0.05, 0) is 31.2 Å². The van der Waals surface area contributed by atoms with E-state index in [2.05, 4.69) is 10.9 Å². The summed E-state index contributed by atoms with van der Waals surface area (Å²) in [5.41, 5.74) is 5.19. The van der Waals surface area contributed by atoms with E-state index in [9.17, 15) is 18.8 Å². The maximum atomic E-state index is 13.6. The van der Waals surface area contributed by atoms with Crippen LogP contribution in [0.25, 0.3) is 11.0 Å². The van der Waals surface area contributed by atoms with Gasteiger partial charge in [0.25, 0.3) is 11.8 Å². The van der Waals surface area contributed by atoms with Crippen molar-refractivity contribution < 1.29 is 14.0 Å². The molecule has 3 rings (SSSR count). The van der Waals surface area contributed by atoms with E-state index in [1.54, 1.807) is 22.8 Å². The van der Waals surface area contributed by atoms with Crippen LogP contribution in [0.5, 0.6) is 0 Å². The molecular formula is C18H17FN4O3. The molecule has 0 radical (unpaired) electrons. The molecule has 3 aromatic rings. The number of hydrazine groups is 1. The van der Waals surface area contributed by atoms with Gasteiger partial charge in [0.15, 0.2) is 0 Å². The Labute approximate surface area is 148 Å². The highest BCUT2D eigenvalue weighted by atomic mass is 19.1. The van der Waals surface area contributed by atoms with E-state index in [0.717, 1.165) is 11.6 Å². The van der Waals surface area contributed by atoms with Gasteiger partial charge >= 0.3 is 5.69 Å². The number of nitrogens with zero attached hydrogens (tertiary/aromatic N) is 2. The Balaban J connectivity index is 1.74. The maximum Gasteiger partial charge on any atom is 0.329 e. The lowest BCUT2D eigenvalue weighted by Gasteiger charge is -2.08. The van der Waals surface area contributed by atoms with E-state index >= 15 is 0 Å². The molecule has 26 heavy (non-hydrogen) atoms. The SMILES string of the molecule is CCn1c(=O)n(CC(=O)NNC(=O)c2ccccc2F)c2ccccc21. The number of aromatic nitrogens is 2. The number of hydrogen-bond donors (Lipinski definition) is 2. The number of carbonyl (C=O) groups excluding carboxylic acids is 2. The molecule has 7 nitrogen and oxygen atoms in total. The normalized spacial score (nSPS) is 10.7. The average Bonchev–Trinajstić information content (AvgIpc) is 2.91. The zero-order valence-corrected chi connectivity index (χ0v) is 14.0. The molecule has 0 aliphatic heterocycles. The lowest BCUT2D eigenvalue weighted by Crippen LogP contribution is -2.44. The number of carbonyl (C=O) groups is 2. The van der Waals surface area contributed by atoms with Crippen LogP contribution in [0, 0.1) is 5.82 Å². The van der Waals surface area contributed by atoms with Crippen molar-refractivity contribution in [1.29, 1.82) is 0 Å². The first-order valence-electron chi connectivity index (χ1n) is 8.04. The van der Waals surface area contributed by atoms with E-state index < -0.39 is 17.6 Å². The summed E-state index contributed by atoms with van der Waals surface area (Å²) in [6.07, 6.45) is 0. The molecule has 0 spiro atoms. The van der Waals surface area contributed by atoms with Crippen LogP contribution in [-0.4, -0.2) is 20.9 Å². The lowest BCUT2D eigenvalue weighted by molar-refractivity contribution is -0.122. The summed E-state index contributed by atoms with van der Waals surface area (Å²) >= 11 is 0. The minimum absolute atomic E-state index is 0.187. The second-order valence-electron chi connectivity index (χ2n) is 5.58. The van der Waals surface area contributed by atoms with Crippen molar-refractivity contribution in [2.45, 2.75) is 20.0 Å². The molecule has 0 atom stereocenters. The number of aryl methyl sites for hydroxylation is 1. The fourth-order valence-corrected chi connectivity index (χ4v) is 2.75. The van der Waals surface area contributed by atoms with E-state index in [0.29, 0.717) is 12.1 Å². The third kappa shape index (κ3) is 3.21. The molecular weight excluding hydrogens is 339 g/mol. The van der Waals surface area contributed by atoms with Crippen molar-refractivity contribution in [3.8, 4) is 0 Å². The highest BCUT2D eigenvalue weighted by Crippen LogP contribution is 2.12. The molecule has 1 heterocycles. The minimum atomic E-state index is -0.778.